The number of hydrogen-bond acceptors (Lipinski definition) is 2. The van der Waals surface area contributed by atoms with Gasteiger partial charge in [0.05, 0.1) is 0 Å². The van der Waals surface area contributed by atoms with Crippen molar-refractivity contribution < 1.29 is 4.79 Å². The molecule has 4 unspecified atom stereocenters. The summed E-state index contributed by atoms with van der Waals surface area (Å²) in [5.74, 6) is 2.46. The van der Waals surface area contributed by atoms with E-state index in [2.05, 4.69) is 25.7 Å². The molecule has 4 atom stereocenters. The zero-order valence-electron chi connectivity index (χ0n) is 11.6. The van der Waals surface area contributed by atoms with Crippen LogP contribution in [0.15, 0.2) is 0 Å². The lowest BCUT2D eigenvalue weighted by Crippen LogP contribution is -2.45. The Morgan fingerprint density at radius 2 is 1.82 bits per heavy atom. The lowest BCUT2D eigenvalue weighted by Gasteiger charge is -2.39. The third-order valence-electron chi connectivity index (χ3n) is 4.76. The summed E-state index contributed by atoms with van der Waals surface area (Å²) in [7, 11) is 0. The predicted molar refractivity (Wildman–Crippen MR) is 70.9 cm³/mol. The molecule has 2 fully saturated rings. The summed E-state index contributed by atoms with van der Waals surface area (Å²) in [6.07, 6.45) is 5.67. The quantitative estimate of drug-likeness (QED) is 0.735. The van der Waals surface area contributed by atoms with Crippen LogP contribution in [0.3, 0.4) is 0 Å². The van der Waals surface area contributed by atoms with Gasteiger partial charge in [-0.25, -0.2) is 0 Å². The number of hydrogen-bond donors (Lipinski definition) is 0. The normalized spacial score (nSPS) is 40.5. The molecule has 98 valence electrons. The van der Waals surface area contributed by atoms with Gasteiger partial charge in [-0.1, -0.05) is 13.8 Å². The predicted octanol–water partition coefficient (Wildman–Crippen LogP) is 3.11. The highest BCUT2D eigenvalue weighted by Crippen LogP contribution is 2.29. The van der Waals surface area contributed by atoms with E-state index in [0.29, 0.717) is 17.7 Å². The summed E-state index contributed by atoms with van der Waals surface area (Å²) in [6.45, 7) is 9.19. The Bertz CT molecular complexity index is 276. The number of Topliss-reactive ketones (excluding diaryl/α,β-unsaturated/α-hetero) is 1. The molecule has 2 nitrogen and oxygen atoms in total. The molecule has 17 heavy (non-hydrogen) atoms. The van der Waals surface area contributed by atoms with Crippen LogP contribution in [-0.2, 0) is 4.79 Å². The van der Waals surface area contributed by atoms with E-state index < -0.39 is 0 Å². The number of ketones is 1. The molecular weight excluding hydrogens is 210 g/mol. The van der Waals surface area contributed by atoms with Gasteiger partial charge in [-0.2, -0.15) is 0 Å². The molecule has 0 amide bonds. The van der Waals surface area contributed by atoms with Crippen molar-refractivity contribution in [2.24, 2.45) is 17.8 Å². The van der Waals surface area contributed by atoms with Gasteiger partial charge in [-0.3, -0.25) is 9.69 Å². The topological polar surface area (TPSA) is 20.3 Å². The van der Waals surface area contributed by atoms with Crippen LogP contribution >= 0.6 is 0 Å². The minimum Gasteiger partial charge on any atom is -0.300 e. The fraction of sp³-hybridized carbons (Fsp3) is 0.933. The Morgan fingerprint density at radius 3 is 2.53 bits per heavy atom. The van der Waals surface area contributed by atoms with Gasteiger partial charge in [0.2, 0.25) is 0 Å². The van der Waals surface area contributed by atoms with Gasteiger partial charge in [0.25, 0.3) is 0 Å². The van der Waals surface area contributed by atoms with Crippen LogP contribution in [0.1, 0.15) is 52.9 Å². The van der Waals surface area contributed by atoms with Crippen molar-refractivity contribution in [2.75, 3.05) is 13.1 Å². The van der Waals surface area contributed by atoms with Gasteiger partial charge < -0.3 is 0 Å². The lowest BCUT2D eigenvalue weighted by atomic mass is 9.80. The molecule has 0 aromatic heterocycles. The van der Waals surface area contributed by atoms with Gasteiger partial charge in [-0.05, 0) is 51.0 Å². The van der Waals surface area contributed by atoms with Crippen molar-refractivity contribution in [3.05, 3.63) is 0 Å². The second-order valence-electron chi connectivity index (χ2n) is 6.52. The number of carbonyl (C=O) groups excluding carboxylic acids is 1. The highest BCUT2D eigenvalue weighted by atomic mass is 16.1. The molecule has 0 spiro atoms. The second-order valence-corrected chi connectivity index (χ2v) is 6.52. The van der Waals surface area contributed by atoms with Gasteiger partial charge in [0.15, 0.2) is 0 Å². The molecule has 1 saturated carbocycles. The monoisotopic (exact) mass is 237 g/mol. The highest BCUT2D eigenvalue weighted by Gasteiger charge is 2.31. The summed E-state index contributed by atoms with van der Waals surface area (Å²) in [4.78, 5) is 14.5. The van der Waals surface area contributed by atoms with Gasteiger partial charge >= 0.3 is 0 Å². The van der Waals surface area contributed by atoms with E-state index in [9.17, 15) is 4.79 Å². The summed E-state index contributed by atoms with van der Waals surface area (Å²) < 4.78 is 0. The van der Waals surface area contributed by atoms with Crippen molar-refractivity contribution >= 4 is 5.78 Å². The molecule has 2 aliphatic rings. The number of likely N-dealkylation sites (tertiary alicyclic amines) is 1. The lowest BCUT2D eigenvalue weighted by molar-refractivity contribution is -0.126. The zero-order chi connectivity index (χ0) is 12.4. The van der Waals surface area contributed by atoms with E-state index in [4.69, 9.17) is 0 Å². The van der Waals surface area contributed by atoms with E-state index in [0.717, 1.165) is 37.6 Å². The van der Waals surface area contributed by atoms with Crippen LogP contribution in [0, 0.1) is 17.8 Å². The molecule has 2 heteroatoms. The Kier molecular flexibility index (Phi) is 4.24. The first kappa shape index (κ1) is 13.1. The summed E-state index contributed by atoms with van der Waals surface area (Å²) in [5, 5.41) is 0. The van der Waals surface area contributed by atoms with Crippen LogP contribution in [0.5, 0.6) is 0 Å². The van der Waals surface area contributed by atoms with Gasteiger partial charge in [-0.15, -0.1) is 0 Å². The first-order valence-corrected chi connectivity index (χ1v) is 7.33. The minimum absolute atomic E-state index is 0.328. The molecule has 1 heterocycles. The fourth-order valence-electron chi connectivity index (χ4n) is 3.51. The van der Waals surface area contributed by atoms with Crippen molar-refractivity contribution in [1.29, 1.82) is 0 Å². The standard InChI is InChI=1S/C15H27NO/c1-11-4-5-15(17)14(9-11)10-16-7-6-12(2)8-13(16)3/h11-14H,4-10H2,1-3H3. The van der Waals surface area contributed by atoms with E-state index in [-0.39, 0.29) is 0 Å². The fourth-order valence-corrected chi connectivity index (χ4v) is 3.51. The van der Waals surface area contributed by atoms with Crippen molar-refractivity contribution in [3.63, 3.8) is 0 Å². The summed E-state index contributed by atoms with van der Waals surface area (Å²) in [5.41, 5.74) is 0. The molecule has 1 aliphatic carbocycles. The smallest absolute Gasteiger partial charge is 0.137 e. The first-order valence-electron chi connectivity index (χ1n) is 7.33. The van der Waals surface area contributed by atoms with Gasteiger partial charge in [0.1, 0.15) is 5.78 Å². The summed E-state index contributed by atoms with van der Waals surface area (Å²) >= 11 is 0. The number of rotatable bonds is 2. The van der Waals surface area contributed by atoms with E-state index >= 15 is 0 Å². The van der Waals surface area contributed by atoms with Crippen molar-refractivity contribution in [1.82, 2.24) is 4.90 Å². The van der Waals surface area contributed by atoms with Crippen molar-refractivity contribution in [2.45, 2.75) is 58.9 Å². The van der Waals surface area contributed by atoms with Crippen LogP contribution in [0.25, 0.3) is 0 Å². The summed E-state index contributed by atoms with van der Waals surface area (Å²) in [6, 6.07) is 0.670. The first-order chi connectivity index (χ1) is 8.06. The number of nitrogens with zero attached hydrogens (tertiary/aromatic N) is 1. The highest BCUT2D eigenvalue weighted by molar-refractivity contribution is 5.81. The molecule has 2 rings (SSSR count). The van der Waals surface area contributed by atoms with Crippen LogP contribution in [-0.4, -0.2) is 29.8 Å². The van der Waals surface area contributed by atoms with Gasteiger partial charge in [0, 0.05) is 24.9 Å². The Morgan fingerprint density at radius 1 is 1.12 bits per heavy atom. The SMILES string of the molecule is CC1CCC(=O)C(CN2CCC(C)CC2C)C1. The minimum atomic E-state index is 0.328. The molecule has 1 aliphatic heterocycles. The largest absolute Gasteiger partial charge is 0.300 e. The van der Waals surface area contributed by atoms with Crippen LogP contribution < -0.4 is 0 Å². The average molecular weight is 237 g/mol. The van der Waals surface area contributed by atoms with E-state index in [1.807, 2.05) is 0 Å². The Hall–Kier alpha value is -0.370. The number of carbonyl (C=O) groups is 1. The molecule has 0 aromatic carbocycles. The van der Waals surface area contributed by atoms with E-state index in [1.165, 1.54) is 19.4 Å². The molecule has 1 saturated heterocycles. The maximum absolute atomic E-state index is 12.0. The Balaban J connectivity index is 1.89. The maximum Gasteiger partial charge on any atom is 0.137 e. The molecule has 0 bridgehead atoms. The molecule has 0 N–H and O–H groups in total. The van der Waals surface area contributed by atoms with E-state index in [1.54, 1.807) is 0 Å². The Labute approximate surface area is 106 Å². The zero-order valence-corrected chi connectivity index (χ0v) is 11.6. The molecule has 0 radical (unpaired) electrons. The van der Waals surface area contributed by atoms with Crippen LogP contribution in [0.2, 0.25) is 0 Å². The van der Waals surface area contributed by atoms with Crippen LogP contribution in [0.4, 0.5) is 0 Å². The molecule has 0 aromatic rings. The van der Waals surface area contributed by atoms with Crippen molar-refractivity contribution in [3.8, 4) is 0 Å². The third kappa shape index (κ3) is 3.31. The molecular formula is C15H27NO. The number of piperidine rings is 1. The maximum atomic E-state index is 12.0. The second kappa shape index (κ2) is 5.51. The average Bonchev–Trinajstić information content (AvgIpc) is 2.27. The third-order valence-corrected chi connectivity index (χ3v) is 4.76.